The van der Waals surface area contributed by atoms with Gasteiger partial charge in [0.2, 0.25) is 5.91 Å². The molecule has 1 aliphatic carbocycles. The summed E-state index contributed by atoms with van der Waals surface area (Å²) in [6.07, 6.45) is 8.45. The second-order valence-corrected chi connectivity index (χ2v) is 8.54. The van der Waals surface area contributed by atoms with Crippen molar-refractivity contribution in [3.63, 3.8) is 0 Å². The number of benzene rings is 1. The predicted octanol–water partition coefficient (Wildman–Crippen LogP) is 4.18. The molecular weight excluding hydrogens is 364 g/mol. The molecule has 29 heavy (non-hydrogen) atoms. The Morgan fingerprint density at radius 3 is 2.48 bits per heavy atom. The number of carbonyl (C=O) groups excluding carboxylic acids is 1. The predicted molar refractivity (Wildman–Crippen MR) is 116 cm³/mol. The SMILES string of the molecule is CCCCC1CCC(C(=O)NC[C@@H](c2ccc(OC)cc2)N2CCOCC2)CC1. The molecule has 1 saturated carbocycles. The van der Waals surface area contributed by atoms with Crippen molar-refractivity contribution in [2.75, 3.05) is 40.0 Å². The molecule has 3 rings (SSSR count). The molecule has 0 radical (unpaired) electrons. The molecular formula is C24H38N2O3. The molecule has 1 aromatic rings. The van der Waals surface area contributed by atoms with Gasteiger partial charge in [0.05, 0.1) is 26.4 Å². The van der Waals surface area contributed by atoms with E-state index in [9.17, 15) is 4.79 Å². The lowest BCUT2D eigenvalue weighted by molar-refractivity contribution is -0.126. The maximum atomic E-state index is 12.9. The van der Waals surface area contributed by atoms with Crippen molar-refractivity contribution >= 4 is 5.91 Å². The summed E-state index contributed by atoms with van der Waals surface area (Å²) in [5.41, 5.74) is 1.22. The van der Waals surface area contributed by atoms with Crippen LogP contribution in [0.4, 0.5) is 0 Å². The first-order chi connectivity index (χ1) is 14.2. The van der Waals surface area contributed by atoms with Crippen molar-refractivity contribution in [2.45, 2.75) is 57.9 Å². The van der Waals surface area contributed by atoms with E-state index in [2.05, 4.69) is 29.3 Å². The Labute approximate surface area is 176 Å². The molecule has 2 fully saturated rings. The highest BCUT2D eigenvalue weighted by Crippen LogP contribution is 2.32. The van der Waals surface area contributed by atoms with E-state index in [-0.39, 0.29) is 17.9 Å². The average Bonchev–Trinajstić information content (AvgIpc) is 2.79. The standard InChI is InChI=1S/C24H38N2O3/c1-3-4-5-19-6-8-21(9-7-19)24(27)25-18-23(26-14-16-29-17-15-26)20-10-12-22(28-2)13-11-20/h10-13,19,21,23H,3-9,14-18H2,1-2H3,(H,25,27)/t19?,21?,23-/m0/s1. The normalized spacial score (nSPS) is 24.1. The highest BCUT2D eigenvalue weighted by atomic mass is 16.5. The summed E-state index contributed by atoms with van der Waals surface area (Å²) in [6.45, 7) is 6.21. The zero-order chi connectivity index (χ0) is 20.5. The molecule has 0 bridgehead atoms. The second-order valence-electron chi connectivity index (χ2n) is 8.54. The van der Waals surface area contributed by atoms with Crippen LogP contribution in [0.3, 0.4) is 0 Å². The van der Waals surface area contributed by atoms with Crippen molar-refractivity contribution in [3.8, 4) is 5.75 Å². The molecule has 1 saturated heterocycles. The van der Waals surface area contributed by atoms with Crippen LogP contribution in [0.1, 0.15) is 63.5 Å². The summed E-state index contributed by atoms with van der Waals surface area (Å²) >= 11 is 0. The van der Waals surface area contributed by atoms with Crippen LogP contribution in [0.2, 0.25) is 0 Å². The van der Waals surface area contributed by atoms with E-state index in [4.69, 9.17) is 9.47 Å². The van der Waals surface area contributed by atoms with Crippen LogP contribution in [0.25, 0.3) is 0 Å². The van der Waals surface area contributed by atoms with Crippen LogP contribution in [0.5, 0.6) is 5.75 Å². The van der Waals surface area contributed by atoms with Gasteiger partial charge in [-0.25, -0.2) is 0 Å². The lowest BCUT2D eigenvalue weighted by Crippen LogP contribution is -2.45. The topological polar surface area (TPSA) is 50.8 Å². The Hall–Kier alpha value is -1.59. The van der Waals surface area contributed by atoms with Crippen LogP contribution in [-0.2, 0) is 9.53 Å². The third kappa shape index (κ3) is 6.45. The zero-order valence-corrected chi connectivity index (χ0v) is 18.2. The quantitative estimate of drug-likeness (QED) is 0.673. The van der Waals surface area contributed by atoms with Gasteiger partial charge in [-0.15, -0.1) is 0 Å². The molecule has 1 heterocycles. The van der Waals surface area contributed by atoms with Gasteiger partial charge in [-0.1, -0.05) is 38.3 Å². The summed E-state index contributed by atoms with van der Waals surface area (Å²) in [5.74, 6) is 2.12. The van der Waals surface area contributed by atoms with Gasteiger partial charge in [-0.3, -0.25) is 9.69 Å². The zero-order valence-electron chi connectivity index (χ0n) is 18.2. The van der Waals surface area contributed by atoms with Crippen molar-refractivity contribution in [2.24, 2.45) is 11.8 Å². The number of hydrogen-bond donors (Lipinski definition) is 1. The molecule has 1 amide bonds. The lowest BCUT2D eigenvalue weighted by atomic mass is 9.79. The third-order valence-electron chi connectivity index (χ3n) is 6.64. The number of amides is 1. The molecule has 0 spiro atoms. The summed E-state index contributed by atoms with van der Waals surface area (Å²) in [5, 5.41) is 3.28. The maximum Gasteiger partial charge on any atom is 0.223 e. The van der Waals surface area contributed by atoms with E-state index in [0.29, 0.717) is 6.54 Å². The van der Waals surface area contributed by atoms with Gasteiger partial charge in [-0.05, 0) is 49.3 Å². The van der Waals surface area contributed by atoms with E-state index in [1.54, 1.807) is 7.11 Å². The van der Waals surface area contributed by atoms with Gasteiger partial charge in [0.15, 0.2) is 0 Å². The summed E-state index contributed by atoms with van der Waals surface area (Å²) in [7, 11) is 1.69. The number of unbranched alkanes of at least 4 members (excludes halogenated alkanes) is 1. The smallest absolute Gasteiger partial charge is 0.223 e. The van der Waals surface area contributed by atoms with Gasteiger partial charge in [0.25, 0.3) is 0 Å². The number of methoxy groups -OCH3 is 1. The van der Waals surface area contributed by atoms with Crippen LogP contribution >= 0.6 is 0 Å². The Bertz CT molecular complexity index is 605. The van der Waals surface area contributed by atoms with Crippen molar-refractivity contribution in [3.05, 3.63) is 29.8 Å². The van der Waals surface area contributed by atoms with Crippen LogP contribution in [0, 0.1) is 11.8 Å². The fourth-order valence-corrected chi connectivity index (χ4v) is 4.72. The van der Waals surface area contributed by atoms with Gasteiger partial charge in [0.1, 0.15) is 5.75 Å². The first-order valence-electron chi connectivity index (χ1n) is 11.4. The molecule has 162 valence electrons. The lowest BCUT2D eigenvalue weighted by Gasteiger charge is -2.35. The Morgan fingerprint density at radius 1 is 1.17 bits per heavy atom. The van der Waals surface area contributed by atoms with Gasteiger partial charge in [0, 0.05) is 25.6 Å². The van der Waals surface area contributed by atoms with Crippen molar-refractivity contribution < 1.29 is 14.3 Å². The average molecular weight is 403 g/mol. The van der Waals surface area contributed by atoms with Gasteiger partial charge in [-0.2, -0.15) is 0 Å². The Kier molecular flexibility index (Phi) is 8.81. The molecule has 1 aliphatic heterocycles. The number of morpholine rings is 1. The number of carbonyl (C=O) groups is 1. The highest BCUT2D eigenvalue weighted by Gasteiger charge is 2.28. The largest absolute Gasteiger partial charge is 0.497 e. The highest BCUT2D eigenvalue weighted by molar-refractivity contribution is 5.78. The molecule has 5 nitrogen and oxygen atoms in total. The number of ether oxygens (including phenoxy) is 2. The van der Waals surface area contributed by atoms with E-state index >= 15 is 0 Å². The monoisotopic (exact) mass is 402 g/mol. The number of nitrogens with one attached hydrogen (secondary N) is 1. The van der Waals surface area contributed by atoms with E-state index in [1.807, 2.05) is 12.1 Å². The molecule has 1 aromatic carbocycles. The van der Waals surface area contributed by atoms with Crippen molar-refractivity contribution in [1.29, 1.82) is 0 Å². The number of nitrogens with zero attached hydrogens (tertiary/aromatic N) is 1. The Morgan fingerprint density at radius 2 is 1.86 bits per heavy atom. The molecule has 1 N–H and O–H groups in total. The number of hydrogen-bond acceptors (Lipinski definition) is 4. The first-order valence-corrected chi connectivity index (χ1v) is 11.4. The second kappa shape index (κ2) is 11.6. The minimum atomic E-state index is 0.176. The molecule has 5 heteroatoms. The summed E-state index contributed by atoms with van der Waals surface area (Å²) < 4.78 is 10.8. The fraction of sp³-hybridized carbons (Fsp3) is 0.708. The number of rotatable bonds is 9. The van der Waals surface area contributed by atoms with Crippen LogP contribution < -0.4 is 10.1 Å². The first kappa shape index (κ1) is 22.1. The third-order valence-corrected chi connectivity index (χ3v) is 6.64. The summed E-state index contributed by atoms with van der Waals surface area (Å²) in [4.78, 5) is 15.3. The van der Waals surface area contributed by atoms with Gasteiger partial charge >= 0.3 is 0 Å². The molecule has 0 unspecified atom stereocenters. The maximum absolute atomic E-state index is 12.9. The molecule has 0 aromatic heterocycles. The van der Waals surface area contributed by atoms with E-state index in [0.717, 1.165) is 50.8 Å². The summed E-state index contributed by atoms with van der Waals surface area (Å²) in [6, 6.07) is 8.41. The Balaban J connectivity index is 1.55. The molecule has 2 aliphatic rings. The minimum absolute atomic E-state index is 0.176. The molecule has 1 atom stereocenters. The van der Waals surface area contributed by atoms with Crippen molar-refractivity contribution in [1.82, 2.24) is 10.2 Å². The van der Waals surface area contributed by atoms with E-state index in [1.165, 1.54) is 37.7 Å². The fourth-order valence-electron chi connectivity index (χ4n) is 4.72. The van der Waals surface area contributed by atoms with Gasteiger partial charge < -0.3 is 14.8 Å². The van der Waals surface area contributed by atoms with Crippen LogP contribution in [0.15, 0.2) is 24.3 Å². The minimum Gasteiger partial charge on any atom is -0.497 e. The van der Waals surface area contributed by atoms with E-state index < -0.39 is 0 Å². The van der Waals surface area contributed by atoms with Crippen LogP contribution in [-0.4, -0.2) is 50.8 Å².